The first kappa shape index (κ1) is 15.4. The largest absolute Gasteiger partial charge is 0.349 e. The molecule has 21 heavy (non-hydrogen) atoms. The van der Waals surface area contributed by atoms with Crippen molar-refractivity contribution in [1.82, 2.24) is 5.32 Å². The molecule has 1 aliphatic rings. The molecule has 114 valence electrons. The first-order valence-electron chi connectivity index (χ1n) is 7.09. The number of amides is 2. The predicted molar refractivity (Wildman–Crippen MR) is 78.4 cm³/mol. The van der Waals surface area contributed by atoms with Crippen molar-refractivity contribution in [2.75, 3.05) is 5.32 Å². The number of rotatable bonds is 3. The van der Waals surface area contributed by atoms with Crippen LogP contribution in [0.2, 0.25) is 0 Å². The van der Waals surface area contributed by atoms with E-state index in [0.717, 1.165) is 25.7 Å². The molecule has 2 amide bonds. The lowest BCUT2D eigenvalue weighted by Crippen LogP contribution is -2.40. The molecular formula is C15H20FN3O2. The standard InChI is InChI=1S/C15H20FN3O2/c1-9(20)18-14-8-10(2-7-13(14)16)15(21)19-12-5-3-11(17)4-6-12/h2,7-8,11-12H,3-6,17H2,1H3,(H,18,20)(H,19,21). The van der Waals surface area contributed by atoms with Gasteiger partial charge in [-0.15, -0.1) is 0 Å². The van der Waals surface area contributed by atoms with Gasteiger partial charge >= 0.3 is 0 Å². The quantitative estimate of drug-likeness (QED) is 0.794. The fourth-order valence-electron chi connectivity index (χ4n) is 2.48. The van der Waals surface area contributed by atoms with Crippen LogP contribution in [0, 0.1) is 5.82 Å². The van der Waals surface area contributed by atoms with Crippen LogP contribution in [0.15, 0.2) is 18.2 Å². The number of carbonyl (C=O) groups excluding carboxylic acids is 2. The second-order valence-electron chi connectivity index (χ2n) is 5.46. The zero-order valence-electron chi connectivity index (χ0n) is 12.0. The molecule has 0 spiro atoms. The topological polar surface area (TPSA) is 84.2 Å². The number of hydrogen-bond acceptors (Lipinski definition) is 3. The van der Waals surface area contributed by atoms with Gasteiger partial charge in [0.2, 0.25) is 5.91 Å². The minimum Gasteiger partial charge on any atom is -0.349 e. The molecule has 1 aromatic rings. The third-order valence-electron chi connectivity index (χ3n) is 3.65. The van der Waals surface area contributed by atoms with Crippen LogP contribution in [0.4, 0.5) is 10.1 Å². The van der Waals surface area contributed by atoms with E-state index in [1.165, 1.54) is 25.1 Å². The minimum atomic E-state index is -0.564. The summed E-state index contributed by atoms with van der Waals surface area (Å²) >= 11 is 0. The lowest BCUT2D eigenvalue weighted by molar-refractivity contribution is -0.114. The van der Waals surface area contributed by atoms with Crippen LogP contribution in [0.1, 0.15) is 43.0 Å². The Morgan fingerprint density at radius 3 is 2.52 bits per heavy atom. The highest BCUT2D eigenvalue weighted by molar-refractivity contribution is 5.97. The highest BCUT2D eigenvalue weighted by Crippen LogP contribution is 2.19. The minimum absolute atomic E-state index is 0.0146. The molecule has 0 unspecified atom stereocenters. The van der Waals surface area contributed by atoms with Gasteiger partial charge in [-0.3, -0.25) is 9.59 Å². The number of nitrogens with one attached hydrogen (secondary N) is 2. The van der Waals surface area contributed by atoms with Crippen molar-refractivity contribution in [3.05, 3.63) is 29.6 Å². The third kappa shape index (κ3) is 4.26. The SMILES string of the molecule is CC(=O)Nc1cc(C(=O)NC2CCC(N)CC2)ccc1F. The maximum Gasteiger partial charge on any atom is 0.251 e. The van der Waals surface area contributed by atoms with Crippen molar-refractivity contribution >= 4 is 17.5 Å². The van der Waals surface area contributed by atoms with E-state index in [9.17, 15) is 14.0 Å². The van der Waals surface area contributed by atoms with Crippen LogP contribution in [-0.2, 0) is 4.79 Å². The van der Waals surface area contributed by atoms with Crippen molar-refractivity contribution in [2.24, 2.45) is 5.73 Å². The van der Waals surface area contributed by atoms with Crippen LogP contribution in [-0.4, -0.2) is 23.9 Å². The average molecular weight is 293 g/mol. The van der Waals surface area contributed by atoms with Crippen molar-refractivity contribution in [3.8, 4) is 0 Å². The summed E-state index contributed by atoms with van der Waals surface area (Å²) in [6.45, 7) is 1.29. The molecule has 1 aliphatic carbocycles. The van der Waals surface area contributed by atoms with Crippen molar-refractivity contribution in [3.63, 3.8) is 0 Å². The Balaban J connectivity index is 2.03. The van der Waals surface area contributed by atoms with Crippen molar-refractivity contribution < 1.29 is 14.0 Å². The van der Waals surface area contributed by atoms with Gasteiger partial charge in [0.1, 0.15) is 5.82 Å². The number of halogens is 1. The molecule has 1 fully saturated rings. The zero-order valence-corrected chi connectivity index (χ0v) is 12.0. The van der Waals surface area contributed by atoms with Crippen LogP contribution in [0.25, 0.3) is 0 Å². The van der Waals surface area contributed by atoms with Crippen LogP contribution < -0.4 is 16.4 Å². The predicted octanol–water partition coefficient (Wildman–Crippen LogP) is 1.78. The normalized spacial score (nSPS) is 21.7. The van der Waals surface area contributed by atoms with Gasteiger partial charge in [-0.05, 0) is 43.9 Å². The first-order chi connectivity index (χ1) is 9.95. The Kier molecular flexibility index (Phi) is 4.90. The van der Waals surface area contributed by atoms with Crippen LogP contribution in [0.5, 0.6) is 0 Å². The van der Waals surface area contributed by atoms with E-state index in [1.54, 1.807) is 0 Å². The molecular weight excluding hydrogens is 273 g/mol. The van der Waals surface area contributed by atoms with Gasteiger partial charge < -0.3 is 16.4 Å². The second kappa shape index (κ2) is 6.67. The Labute approximate surface area is 123 Å². The number of carbonyl (C=O) groups is 2. The summed E-state index contributed by atoms with van der Waals surface area (Å²) in [4.78, 5) is 23.2. The second-order valence-corrected chi connectivity index (χ2v) is 5.46. The molecule has 1 saturated carbocycles. The summed E-state index contributed by atoms with van der Waals surface area (Å²) in [7, 11) is 0. The maximum atomic E-state index is 13.5. The molecule has 0 saturated heterocycles. The molecule has 0 atom stereocenters. The van der Waals surface area contributed by atoms with E-state index in [4.69, 9.17) is 5.73 Å². The first-order valence-corrected chi connectivity index (χ1v) is 7.09. The zero-order chi connectivity index (χ0) is 15.4. The summed E-state index contributed by atoms with van der Waals surface area (Å²) in [5.74, 6) is -1.21. The Morgan fingerprint density at radius 2 is 1.90 bits per heavy atom. The van der Waals surface area contributed by atoms with Gasteiger partial charge in [0.05, 0.1) is 5.69 Å². The van der Waals surface area contributed by atoms with Crippen LogP contribution >= 0.6 is 0 Å². The Bertz CT molecular complexity index is 540. The molecule has 6 heteroatoms. The average Bonchev–Trinajstić information content (AvgIpc) is 2.43. The van der Waals surface area contributed by atoms with E-state index in [0.29, 0.717) is 5.56 Å². The fraction of sp³-hybridized carbons (Fsp3) is 0.467. The summed E-state index contributed by atoms with van der Waals surface area (Å²) in [5.41, 5.74) is 6.17. The molecule has 2 rings (SSSR count). The Hall–Kier alpha value is -1.95. The van der Waals surface area contributed by atoms with E-state index in [1.807, 2.05) is 0 Å². The van der Waals surface area contributed by atoms with Crippen molar-refractivity contribution in [2.45, 2.75) is 44.7 Å². The molecule has 1 aromatic carbocycles. The maximum absolute atomic E-state index is 13.5. The number of benzene rings is 1. The van der Waals surface area contributed by atoms with Gasteiger partial charge in [-0.25, -0.2) is 4.39 Å². The van der Waals surface area contributed by atoms with E-state index in [2.05, 4.69) is 10.6 Å². The van der Waals surface area contributed by atoms with Crippen molar-refractivity contribution in [1.29, 1.82) is 0 Å². The van der Waals surface area contributed by atoms with E-state index in [-0.39, 0.29) is 29.6 Å². The molecule has 0 radical (unpaired) electrons. The van der Waals surface area contributed by atoms with Gasteiger partial charge in [0, 0.05) is 24.6 Å². The van der Waals surface area contributed by atoms with E-state index < -0.39 is 5.82 Å². The van der Waals surface area contributed by atoms with Crippen LogP contribution in [0.3, 0.4) is 0 Å². The highest BCUT2D eigenvalue weighted by Gasteiger charge is 2.21. The van der Waals surface area contributed by atoms with Gasteiger partial charge in [-0.1, -0.05) is 0 Å². The molecule has 0 aliphatic heterocycles. The summed E-state index contributed by atoms with van der Waals surface area (Å²) in [6, 6.07) is 4.25. The number of anilines is 1. The summed E-state index contributed by atoms with van der Waals surface area (Å²) in [6.07, 6.45) is 3.50. The monoisotopic (exact) mass is 293 g/mol. The van der Waals surface area contributed by atoms with Gasteiger partial charge in [-0.2, -0.15) is 0 Å². The lowest BCUT2D eigenvalue weighted by atomic mass is 9.91. The summed E-state index contributed by atoms with van der Waals surface area (Å²) < 4.78 is 13.5. The number of hydrogen-bond donors (Lipinski definition) is 3. The highest BCUT2D eigenvalue weighted by atomic mass is 19.1. The summed E-state index contributed by atoms with van der Waals surface area (Å²) in [5, 5.41) is 5.29. The molecule has 0 aromatic heterocycles. The smallest absolute Gasteiger partial charge is 0.251 e. The molecule has 4 N–H and O–H groups in total. The molecule has 5 nitrogen and oxygen atoms in total. The van der Waals surface area contributed by atoms with Gasteiger partial charge in [0.15, 0.2) is 0 Å². The lowest BCUT2D eigenvalue weighted by Gasteiger charge is -2.26. The molecule has 0 heterocycles. The van der Waals surface area contributed by atoms with Gasteiger partial charge in [0.25, 0.3) is 5.91 Å². The third-order valence-corrected chi connectivity index (χ3v) is 3.65. The number of nitrogens with two attached hydrogens (primary N) is 1. The Morgan fingerprint density at radius 1 is 1.24 bits per heavy atom. The molecule has 0 bridgehead atoms. The van der Waals surface area contributed by atoms with E-state index >= 15 is 0 Å². The fourth-order valence-corrected chi connectivity index (χ4v) is 2.48.